The molecule has 0 amide bonds. The van der Waals surface area contributed by atoms with Gasteiger partial charge >= 0.3 is 0 Å². The number of phenols is 1. The Labute approximate surface area is 175 Å². The lowest BCUT2D eigenvalue weighted by molar-refractivity contribution is 0.154. The van der Waals surface area contributed by atoms with E-state index >= 15 is 0 Å². The van der Waals surface area contributed by atoms with Gasteiger partial charge in [-0.25, -0.2) is 0 Å². The quantitative estimate of drug-likeness (QED) is 0.618. The van der Waals surface area contributed by atoms with E-state index in [1.54, 1.807) is 12.1 Å². The summed E-state index contributed by atoms with van der Waals surface area (Å²) in [4.78, 5) is 0. The topological polar surface area (TPSA) is 40.5 Å². The number of hydrogen-bond donors (Lipinski definition) is 2. The predicted molar refractivity (Wildman–Crippen MR) is 121 cm³/mol. The van der Waals surface area contributed by atoms with Crippen molar-refractivity contribution in [3.05, 3.63) is 70.8 Å². The van der Waals surface area contributed by atoms with Crippen LogP contribution < -0.4 is 0 Å². The van der Waals surface area contributed by atoms with Crippen LogP contribution in [0.15, 0.2) is 54.1 Å². The first-order valence-corrected chi connectivity index (χ1v) is 10.4. The van der Waals surface area contributed by atoms with Crippen LogP contribution in [-0.4, -0.2) is 16.8 Å². The molecule has 2 nitrogen and oxygen atoms in total. The molecule has 2 N–H and O–H groups in total. The van der Waals surface area contributed by atoms with Crippen LogP contribution in [0.3, 0.4) is 0 Å². The SMILES string of the molecule is CC1(C)CC(=C(c2ccc(O)cc2)c2ccc(C#CCCO)cc2)CC(C)(C)C1. The molecule has 0 atom stereocenters. The summed E-state index contributed by atoms with van der Waals surface area (Å²) in [5, 5.41) is 18.7. The van der Waals surface area contributed by atoms with Crippen molar-refractivity contribution in [3.8, 4) is 17.6 Å². The highest BCUT2D eigenvalue weighted by Gasteiger charge is 2.37. The molecule has 0 unspecified atom stereocenters. The molecule has 0 saturated heterocycles. The van der Waals surface area contributed by atoms with Gasteiger partial charge < -0.3 is 10.2 Å². The van der Waals surface area contributed by atoms with Gasteiger partial charge in [0.1, 0.15) is 5.75 Å². The van der Waals surface area contributed by atoms with Gasteiger partial charge in [-0.15, -0.1) is 0 Å². The fourth-order valence-corrected chi connectivity index (χ4v) is 4.96. The molecule has 2 aromatic rings. The zero-order chi connectivity index (χ0) is 21.1. The Bertz CT molecular complexity index is 915. The van der Waals surface area contributed by atoms with Gasteiger partial charge in [0.15, 0.2) is 0 Å². The summed E-state index contributed by atoms with van der Waals surface area (Å²) in [6.45, 7) is 9.54. The highest BCUT2D eigenvalue weighted by Crippen LogP contribution is 2.50. The zero-order valence-electron chi connectivity index (χ0n) is 18.0. The van der Waals surface area contributed by atoms with Gasteiger partial charge in [-0.2, -0.15) is 0 Å². The Morgan fingerprint density at radius 2 is 1.38 bits per heavy atom. The maximum Gasteiger partial charge on any atom is 0.115 e. The Morgan fingerprint density at radius 3 is 1.90 bits per heavy atom. The molecule has 29 heavy (non-hydrogen) atoms. The molecular weight excluding hydrogens is 356 g/mol. The first-order chi connectivity index (χ1) is 13.7. The van der Waals surface area contributed by atoms with Crippen molar-refractivity contribution in [3.63, 3.8) is 0 Å². The molecule has 152 valence electrons. The normalized spacial score (nSPS) is 17.3. The largest absolute Gasteiger partial charge is 0.508 e. The van der Waals surface area contributed by atoms with E-state index in [-0.39, 0.29) is 23.2 Å². The highest BCUT2D eigenvalue weighted by molar-refractivity contribution is 5.82. The Morgan fingerprint density at radius 1 is 0.862 bits per heavy atom. The smallest absolute Gasteiger partial charge is 0.115 e. The van der Waals surface area contributed by atoms with E-state index in [9.17, 15) is 5.11 Å². The molecule has 0 radical (unpaired) electrons. The van der Waals surface area contributed by atoms with Gasteiger partial charge in [0, 0.05) is 12.0 Å². The third-order valence-electron chi connectivity index (χ3n) is 5.49. The van der Waals surface area contributed by atoms with Crippen LogP contribution >= 0.6 is 0 Å². The maximum atomic E-state index is 9.78. The van der Waals surface area contributed by atoms with Crippen LogP contribution in [0.2, 0.25) is 0 Å². The number of allylic oxidation sites excluding steroid dienone is 1. The summed E-state index contributed by atoms with van der Waals surface area (Å²) in [6, 6.07) is 16.0. The maximum absolute atomic E-state index is 9.78. The van der Waals surface area contributed by atoms with Gasteiger partial charge in [0.05, 0.1) is 6.61 Å². The summed E-state index contributed by atoms with van der Waals surface area (Å²) in [6.07, 6.45) is 3.86. The van der Waals surface area contributed by atoms with Gasteiger partial charge in [0.2, 0.25) is 0 Å². The van der Waals surface area contributed by atoms with Crippen LogP contribution in [0.25, 0.3) is 5.57 Å². The summed E-state index contributed by atoms with van der Waals surface area (Å²) < 4.78 is 0. The van der Waals surface area contributed by atoms with Crippen molar-refractivity contribution >= 4 is 5.57 Å². The summed E-state index contributed by atoms with van der Waals surface area (Å²) >= 11 is 0. The van der Waals surface area contributed by atoms with Crippen molar-refractivity contribution in [1.82, 2.24) is 0 Å². The molecule has 0 bridgehead atoms. The van der Waals surface area contributed by atoms with Gasteiger partial charge in [-0.05, 0) is 71.1 Å². The minimum absolute atomic E-state index is 0.0910. The second-order valence-corrected chi connectivity index (χ2v) is 9.74. The van der Waals surface area contributed by atoms with Crippen molar-refractivity contribution < 1.29 is 10.2 Å². The van der Waals surface area contributed by atoms with Crippen molar-refractivity contribution in [2.75, 3.05) is 6.61 Å². The number of phenolic OH excluding ortho intramolecular Hbond substituents is 1. The molecule has 1 aliphatic carbocycles. The lowest BCUT2D eigenvalue weighted by atomic mass is 9.62. The molecule has 1 saturated carbocycles. The number of aromatic hydroxyl groups is 1. The second-order valence-electron chi connectivity index (χ2n) is 9.74. The van der Waals surface area contributed by atoms with Crippen LogP contribution in [0, 0.1) is 22.7 Å². The van der Waals surface area contributed by atoms with E-state index < -0.39 is 0 Å². The lowest BCUT2D eigenvalue weighted by Crippen LogP contribution is -2.30. The lowest BCUT2D eigenvalue weighted by Gasteiger charge is -2.43. The molecular formula is C27H32O2. The summed E-state index contributed by atoms with van der Waals surface area (Å²) in [7, 11) is 0. The fourth-order valence-electron chi connectivity index (χ4n) is 4.96. The molecule has 2 aromatic carbocycles. The highest BCUT2D eigenvalue weighted by atomic mass is 16.3. The average molecular weight is 389 g/mol. The summed E-state index contributed by atoms with van der Waals surface area (Å²) in [5.74, 6) is 6.38. The monoisotopic (exact) mass is 388 g/mol. The summed E-state index contributed by atoms with van der Waals surface area (Å²) in [5.41, 5.74) is 6.57. The number of aliphatic hydroxyl groups is 1. The van der Waals surface area contributed by atoms with Gasteiger partial charge in [0.25, 0.3) is 0 Å². The second kappa shape index (κ2) is 8.47. The Kier molecular flexibility index (Phi) is 6.20. The minimum atomic E-state index is 0.0910. The first kappa shape index (κ1) is 21.2. The van der Waals surface area contributed by atoms with E-state index in [1.807, 2.05) is 12.1 Å². The molecule has 0 aliphatic heterocycles. The molecule has 0 aromatic heterocycles. The van der Waals surface area contributed by atoms with Crippen molar-refractivity contribution in [2.45, 2.75) is 53.4 Å². The molecule has 0 heterocycles. The molecule has 1 aliphatic rings. The van der Waals surface area contributed by atoms with E-state index in [2.05, 4.69) is 63.8 Å². The van der Waals surface area contributed by atoms with Gasteiger partial charge in [-0.3, -0.25) is 0 Å². The van der Waals surface area contributed by atoms with Gasteiger partial charge in [-0.1, -0.05) is 69.4 Å². The van der Waals surface area contributed by atoms with E-state index in [0.29, 0.717) is 6.42 Å². The minimum Gasteiger partial charge on any atom is -0.508 e. The van der Waals surface area contributed by atoms with Crippen LogP contribution in [-0.2, 0) is 0 Å². The third-order valence-corrected chi connectivity index (χ3v) is 5.49. The van der Waals surface area contributed by atoms with E-state index in [0.717, 1.165) is 24.0 Å². The van der Waals surface area contributed by atoms with Crippen LogP contribution in [0.5, 0.6) is 5.75 Å². The molecule has 3 rings (SSSR count). The molecule has 2 heteroatoms. The number of aliphatic hydroxyl groups excluding tert-OH is 1. The fraction of sp³-hybridized carbons (Fsp3) is 0.407. The van der Waals surface area contributed by atoms with Crippen LogP contribution in [0.1, 0.15) is 70.1 Å². The number of benzene rings is 2. The molecule has 1 fully saturated rings. The Balaban J connectivity index is 2.09. The van der Waals surface area contributed by atoms with Crippen molar-refractivity contribution in [1.29, 1.82) is 0 Å². The third kappa shape index (κ3) is 5.52. The molecule has 0 spiro atoms. The van der Waals surface area contributed by atoms with E-state index in [1.165, 1.54) is 23.1 Å². The first-order valence-electron chi connectivity index (χ1n) is 10.4. The zero-order valence-corrected chi connectivity index (χ0v) is 18.0. The van der Waals surface area contributed by atoms with E-state index in [4.69, 9.17) is 5.11 Å². The average Bonchev–Trinajstić information content (AvgIpc) is 2.62. The van der Waals surface area contributed by atoms with Crippen LogP contribution in [0.4, 0.5) is 0 Å². The Hall–Kier alpha value is -2.50. The predicted octanol–water partition coefficient (Wildman–Crippen LogP) is 6.16. The number of hydrogen-bond acceptors (Lipinski definition) is 2. The number of rotatable bonds is 3. The van der Waals surface area contributed by atoms with Crippen molar-refractivity contribution in [2.24, 2.45) is 10.8 Å². The standard InChI is InChI=1S/C27H32O2/c1-26(2)17-23(18-27(3,4)19-26)25(22-12-14-24(29)15-13-22)21-10-8-20(9-11-21)7-5-6-16-28/h8-15,28-29H,6,16-19H2,1-4H3.